The van der Waals surface area contributed by atoms with Crippen LogP contribution >= 0.6 is 69.6 Å². The first-order valence-corrected chi connectivity index (χ1v) is 19.6. The average Bonchev–Trinajstić information content (AvgIpc) is 3.12. The molecule has 3 aliphatic carbocycles. The Hall–Kier alpha value is -3.72. The highest BCUT2D eigenvalue weighted by atomic mass is 35.6. The molecule has 2 bridgehead atoms. The third kappa shape index (κ3) is 6.05. The van der Waals surface area contributed by atoms with E-state index < -0.39 is 8.59 Å². The SMILES string of the molecule is ClC(Cl)Cl.ClC(Cl)Cl.c1ccc2cc3cc4c(cc3cc2c1)C1c2cc3cc5ccccc5cc3cc2C4c2cc3cc4ccccc4cc3cc21. The molecule has 0 saturated carbocycles. The Labute approximate surface area is 331 Å². The van der Waals surface area contributed by atoms with Crippen LogP contribution in [0.1, 0.15) is 45.2 Å². The second-order valence-electron chi connectivity index (χ2n) is 13.4. The molecule has 12 rings (SSSR count). The normalized spacial score (nSPS) is 15.5. The Morgan fingerprint density at radius 1 is 0.250 bits per heavy atom. The molecular weight excluding hydrogens is 765 g/mol. The fourth-order valence-electron chi connectivity index (χ4n) is 8.59. The maximum Gasteiger partial charge on any atom is 0.180 e. The lowest BCUT2D eigenvalue weighted by atomic mass is 9.60. The van der Waals surface area contributed by atoms with Gasteiger partial charge in [-0.1, -0.05) is 142 Å². The molecule has 0 heterocycles. The largest absolute Gasteiger partial charge is 0.180 e. The summed E-state index contributed by atoms with van der Waals surface area (Å²) in [6, 6.07) is 55.6. The second-order valence-corrected chi connectivity index (χ2v) is 17.4. The zero-order valence-corrected chi connectivity index (χ0v) is 32.0. The maximum atomic E-state index is 4.81. The predicted molar refractivity (Wildman–Crippen MR) is 229 cm³/mol. The van der Waals surface area contributed by atoms with E-state index in [1.807, 2.05) is 0 Å². The summed E-state index contributed by atoms with van der Waals surface area (Å²) < 4.78 is -1.50. The molecule has 0 aromatic heterocycles. The van der Waals surface area contributed by atoms with Gasteiger partial charge in [-0.15, -0.1) is 0 Å². The molecule has 9 aromatic carbocycles. The van der Waals surface area contributed by atoms with Crippen LogP contribution in [-0.2, 0) is 0 Å². The summed E-state index contributed by atoms with van der Waals surface area (Å²) in [6.45, 7) is 0. The van der Waals surface area contributed by atoms with Crippen LogP contribution in [0.3, 0.4) is 0 Å². The van der Waals surface area contributed by atoms with Crippen molar-refractivity contribution in [1.29, 1.82) is 0 Å². The van der Waals surface area contributed by atoms with Gasteiger partial charge in [0.25, 0.3) is 0 Å². The summed E-state index contributed by atoms with van der Waals surface area (Å²) >= 11 is 28.8. The van der Waals surface area contributed by atoms with Gasteiger partial charge in [0.2, 0.25) is 0 Å². The summed E-state index contributed by atoms with van der Waals surface area (Å²) in [5.41, 5.74) is 8.82. The minimum Gasteiger partial charge on any atom is -0.0874 e. The highest BCUT2D eigenvalue weighted by Crippen LogP contribution is 2.58. The van der Waals surface area contributed by atoms with Gasteiger partial charge in [0.15, 0.2) is 8.59 Å². The van der Waals surface area contributed by atoms with E-state index in [1.54, 1.807) is 0 Å². The summed E-state index contributed by atoms with van der Waals surface area (Å²) in [5, 5.41) is 15.8. The standard InChI is InChI=1S/C44H26.2CHCl3/c1-2-8-26-14-32-20-38-37(19-31(32)13-25(26)7-1)43-39-21-33-15-27-9-3-5-11-29(27)17-35(33)23-41(39)44(38)42-24-36-18-30-12-6-4-10-28(30)16-34(36)22-40(42)43;2*2-1(3)4/h1-24,43-44H;2*1H. The zero-order valence-electron chi connectivity index (χ0n) is 27.4. The van der Waals surface area contributed by atoms with Crippen LogP contribution in [-0.4, -0.2) is 8.59 Å². The molecule has 0 N–H and O–H groups in total. The quantitative estimate of drug-likeness (QED) is 0.106. The van der Waals surface area contributed by atoms with Crippen LogP contribution in [0.25, 0.3) is 64.6 Å². The highest BCUT2D eigenvalue weighted by Gasteiger charge is 2.42. The molecule has 0 aliphatic heterocycles. The molecule has 3 aliphatic rings. The second kappa shape index (κ2) is 13.6. The summed E-state index contributed by atoms with van der Waals surface area (Å²) in [5.74, 6) is 0.422. The van der Waals surface area contributed by atoms with Crippen molar-refractivity contribution in [2.24, 2.45) is 0 Å². The Balaban J connectivity index is 0.000000412. The van der Waals surface area contributed by atoms with E-state index >= 15 is 0 Å². The molecule has 0 unspecified atom stereocenters. The van der Waals surface area contributed by atoms with E-state index in [0.29, 0.717) is 0 Å². The highest BCUT2D eigenvalue weighted by molar-refractivity contribution is 6.63. The first-order chi connectivity index (χ1) is 25.2. The molecule has 0 saturated heterocycles. The number of halogens is 6. The fourth-order valence-corrected chi connectivity index (χ4v) is 8.59. The molecule has 9 aromatic rings. The van der Waals surface area contributed by atoms with Crippen molar-refractivity contribution in [3.05, 3.63) is 179 Å². The number of benzene rings is 9. The predicted octanol–water partition coefficient (Wildman–Crippen LogP) is 15.6. The number of hydrogen-bond acceptors (Lipinski definition) is 0. The molecule has 0 amide bonds. The molecule has 0 spiro atoms. The third-order valence-corrected chi connectivity index (χ3v) is 10.6. The summed E-state index contributed by atoms with van der Waals surface area (Å²) in [4.78, 5) is 0. The van der Waals surface area contributed by atoms with E-state index in [4.69, 9.17) is 69.6 Å². The van der Waals surface area contributed by atoms with Crippen molar-refractivity contribution in [3.63, 3.8) is 0 Å². The van der Waals surface area contributed by atoms with Gasteiger partial charge < -0.3 is 0 Å². The lowest BCUT2D eigenvalue weighted by molar-refractivity contribution is 0.761. The molecule has 6 heteroatoms. The van der Waals surface area contributed by atoms with Crippen molar-refractivity contribution in [2.45, 2.75) is 20.4 Å². The Morgan fingerprint density at radius 3 is 0.558 bits per heavy atom. The van der Waals surface area contributed by atoms with E-state index in [0.717, 1.165) is 0 Å². The summed E-state index contributed by atoms with van der Waals surface area (Å²) in [7, 11) is 0. The number of fused-ring (bicyclic) bond motifs is 6. The van der Waals surface area contributed by atoms with E-state index in [9.17, 15) is 0 Å². The van der Waals surface area contributed by atoms with Crippen molar-refractivity contribution >= 4 is 134 Å². The monoisotopic (exact) mass is 790 g/mol. The minimum absolute atomic E-state index is 0.211. The molecule has 52 heavy (non-hydrogen) atoms. The number of alkyl halides is 6. The number of hydrogen-bond donors (Lipinski definition) is 0. The molecule has 0 radical (unpaired) electrons. The van der Waals surface area contributed by atoms with Crippen molar-refractivity contribution in [2.75, 3.05) is 0 Å². The first kappa shape index (κ1) is 34.1. The fraction of sp³-hybridized carbons (Fsp3) is 0.0870. The van der Waals surface area contributed by atoms with Gasteiger partial charge in [-0.05, 0) is 171 Å². The lowest BCUT2D eigenvalue weighted by Gasteiger charge is -2.43. The van der Waals surface area contributed by atoms with E-state index in [-0.39, 0.29) is 11.8 Å². The average molecular weight is 793 g/mol. The van der Waals surface area contributed by atoms with Crippen LogP contribution in [0.15, 0.2) is 146 Å². The topological polar surface area (TPSA) is 0 Å². The number of rotatable bonds is 0. The van der Waals surface area contributed by atoms with Gasteiger partial charge in [0, 0.05) is 11.8 Å². The molecule has 0 fully saturated rings. The van der Waals surface area contributed by atoms with Crippen molar-refractivity contribution in [3.8, 4) is 0 Å². The van der Waals surface area contributed by atoms with Crippen LogP contribution in [0, 0.1) is 0 Å². The maximum absolute atomic E-state index is 4.81. The lowest BCUT2D eigenvalue weighted by Crippen LogP contribution is -2.27. The van der Waals surface area contributed by atoms with Crippen LogP contribution < -0.4 is 0 Å². The van der Waals surface area contributed by atoms with Gasteiger partial charge in [-0.2, -0.15) is 0 Å². The van der Waals surface area contributed by atoms with Gasteiger partial charge in [0.05, 0.1) is 0 Å². The molecule has 254 valence electrons. The van der Waals surface area contributed by atoms with Gasteiger partial charge in [-0.25, -0.2) is 0 Å². The first-order valence-electron chi connectivity index (χ1n) is 17.0. The Kier molecular flexibility index (Phi) is 8.91. The van der Waals surface area contributed by atoms with E-state index in [1.165, 1.54) is 98.0 Å². The molecule has 0 atom stereocenters. The van der Waals surface area contributed by atoms with Crippen LogP contribution in [0.4, 0.5) is 0 Å². The molecular formula is C46H28Cl6. The molecule has 0 nitrogen and oxygen atoms in total. The smallest absolute Gasteiger partial charge is 0.0874 e. The van der Waals surface area contributed by atoms with Gasteiger partial charge in [0.1, 0.15) is 0 Å². The Morgan fingerprint density at radius 2 is 0.404 bits per heavy atom. The van der Waals surface area contributed by atoms with Crippen LogP contribution in [0.5, 0.6) is 0 Å². The Bertz CT molecular complexity index is 2360. The minimum atomic E-state index is -0.750. The third-order valence-electron chi connectivity index (χ3n) is 10.6. The van der Waals surface area contributed by atoms with Gasteiger partial charge in [-0.3, -0.25) is 0 Å². The van der Waals surface area contributed by atoms with Gasteiger partial charge >= 0.3 is 0 Å². The van der Waals surface area contributed by atoms with E-state index in [2.05, 4.69) is 146 Å². The van der Waals surface area contributed by atoms with Crippen molar-refractivity contribution in [1.82, 2.24) is 0 Å². The van der Waals surface area contributed by atoms with Crippen LogP contribution in [0.2, 0.25) is 0 Å². The summed E-state index contributed by atoms with van der Waals surface area (Å²) in [6.07, 6.45) is 0. The van der Waals surface area contributed by atoms with Crippen molar-refractivity contribution < 1.29 is 0 Å². The zero-order chi connectivity index (χ0) is 35.7.